The zero-order valence-corrected chi connectivity index (χ0v) is 16.7. The number of hydrogen-bond donors (Lipinski definition) is 1. The van der Waals surface area contributed by atoms with Gasteiger partial charge in [0.25, 0.3) is 0 Å². The van der Waals surface area contributed by atoms with E-state index < -0.39 is 11.6 Å². The van der Waals surface area contributed by atoms with Crippen LogP contribution < -0.4 is 0 Å². The molecule has 0 amide bonds. The van der Waals surface area contributed by atoms with Gasteiger partial charge in [-0.05, 0) is 0 Å². The molecule has 1 aromatic heterocycles. The maximum Gasteiger partial charge on any atom is 0.360 e. The number of thiazole rings is 1. The van der Waals surface area contributed by atoms with Gasteiger partial charge in [0.05, 0.1) is 5.51 Å². The Balaban J connectivity index is 1.95. The molecule has 6 heteroatoms. The van der Waals surface area contributed by atoms with Gasteiger partial charge in [-0.2, -0.15) is 0 Å². The fraction of sp³-hybridized carbons (Fsp3) is 0.0417. The zero-order valence-electron chi connectivity index (χ0n) is 15.9. The van der Waals surface area contributed by atoms with Crippen molar-refractivity contribution in [3.8, 4) is 0 Å². The average Bonchev–Trinajstić information content (AvgIpc) is 3.33. The maximum atomic E-state index is 11.9. The fourth-order valence-electron chi connectivity index (χ4n) is 3.32. The van der Waals surface area contributed by atoms with E-state index in [1.165, 1.54) is 11.3 Å². The SMILES string of the molecule is O=C(O)C(=NOC(c1ccccc1)(c1ccccc1)c1ccccc1)c1cscn1. The van der Waals surface area contributed by atoms with Crippen molar-refractivity contribution in [3.63, 3.8) is 0 Å². The van der Waals surface area contributed by atoms with Crippen molar-refractivity contribution in [1.82, 2.24) is 4.98 Å². The summed E-state index contributed by atoms with van der Waals surface area (Å²) in [6.07, 6.45) is 0. The fourth-order valence-corrected chi connectivity index (χ4v) is 3.85. The van der Waals surface area contributed by atoms with Crippen molar-refractivity contribution in [2.24, 2.45) is 5.16 Å². The maximum absolute atomic E-state index is 11.9. The van der Waals surface area contributed by atoms with Crippen LogP contribution in [0.1, 0.15) is 22.4 Å². The third-order valence-electron chi connectivity index (χ3n) is 4.69. The van der Waals surface area contributed by atoms with Crippen LogP contribution in [0.15, 0.2) is 107 Å². The van der Waals surface area contributed by atoms with Crippen LogP contribution in [0.25, 0.3) is 0 Å². The summed E-state index contributed by atoms with van der Waals surface area (Å²) in [4.78, 5) is 22.2. The molecule has 0 fully saturated rings. The topological polar surface area (TPSA) is 71.8 Å². The molecule has 5 nitrogen and oxygen atoms in total. The predicted molar refractivity (Wildman–Crippen MR) is 117 cm³/mol. The molecule has 1 heterocycles. The number of aromatic nitrogens is 1. The molecule has 0 aliphatic carbocycles. The standard InChI is InChI=1S/C24H18N2O3S/c27-23(28)22(21-16-30-17-25-21)26-29-24(18-10-4-1-5-11-18,19-12-6-2-7-13-19)20-14-8-3-9-15-20/h1-17H,(H,27,28). The lowest BCUT2D eigenvalue weighted by atomic mass is 9.80. The van der Waals surface area contributed by atoms with E-state index in [-0.39, 0.29) is 11.4 Å². The van der Waals surface area contributed by atoms with Crippen LogP contribution in [-0.2, 0) is 15.2 Å². The minimum Gasteiger partial charge on any atom is -0.476 e. The number of carbonyl (C=O) groups is 1. The smallest absolute Gasteiger partial charge is 0.360 e. The number of carboxylic acids is 1. The molecule has 0 bridgehead atoms. The Labute approximate surface area is 177 Å². The van der Waals surface area contributed by atoms with Crippen LogP contribution in [0.4, 0.5) is 0 Å². The summed E-state index contributed by atoms with van der Waals surface area (Å²) < 4.78 is 0. The van der Waals surface area contributed by atoms with Crippen molar-refractivity contribution in [2.75, 3.05) is 0 Å². The number of rotatable bonds is 7. The Morgan fingerprint density at radius 3 is 1.67 bits per heavy atom. The van der Waals surface area contributed by atoms with Gasteiger partial charge in [-0.25, -0.2) is 9.78 Å². The van der Waals surface area contributed by atoms with Gasteiger partial charge in [-0.15, -0.1) is 11.3 Å². The first kappa shape index (κ1) is 19.5. The minimum atomic E-state index is -1.20. The second-order valence-electron chi connectivity index (χ2n) is 6.49. The van der Waals surface area contributed by atoms with E-state index in [0.29, 0.717) is 0 Å². The molecule has 0 spiro atoms. The molecule has 0 unspecified atom stereocenters. The summed E-state index contributed by atoms with van der Waals surface area (Å²) >= 11 is 1.30. The van der Waals surface area contributed by atoms with Crippen molar-refractivity contribution >= 4 is 23.0 Å². The Morgan fingerprint density at radius 1 is 0.833 bits per heavy atom. The molecule has 4 rings (SSSR count). The second-order valence-corrected chi connectivity index (χ2v) is 7.21. The molecule has 148 valence electrons. The van der Waals surface area contributed by atoms with E-state index >= 15 is 0 Å². The number of carboxylic acid groups (broad SMARTS) is 1. The van der Waals surface area contributed by atoms with Gasteiger partial charge < -0.3 is 9.94 Å². The Morgan fingerprint density at radius 2 is 1.30 bits per heavy atom. The predicted octanol–water partition coefficient (Wildman–Crippen LogP) is 4.94. The summed E-state index contributed by atoms with van der Waals surface area (Å²) in [5.41, 5.74) is 2.92. The van der Waals surface area contributed by atoms with E-state index in [1.807, 2.05) is 91.0 Å². The van der Waals surface area contributed by atoms with Crippen LogP contribution in [0.5, 0.6) is 0 Å². The lowest BCUT2D eigenvalue weighted by Gasteiger charge is -2.33. The molecular weight excluding hydrogens is 396 g/mol. The van der Waals surface area contributed by atoms with Crippen molar-refractivity contribution in [3.05, 3.63) is 124 Å². The van der Waals surface area contributed by atoms with Crippen LogP contribution in [-0.4, -0.2) is 21.8 Å². The summed E-state index contributed by atoms with van der Waals surface area (Å²) in [5.74, 6) is -1.20. The van der Waals surface area contributed by atoms with E-state index in [2.05, 4.69) is 10.1 Å². The third kappa shape index (κ3) is 3.73. The monoisotopic (exact) mass is 414 g/mol. The van der Waals surface area contributed by atoms with E-state index in [4.69, 9.17) is 4.84 Å². The summed E-state index contributed by atoms with van der Waals surface area (Å²) in [7, 11) is 0. The molecule has 0 aliphatic rings. The van der Waals surface area contributed by atoms with E-state index in [9.17, 15) is 9.90 Å². The molecule has 30 heavy (non-hydrogen) atoms. The molecule has 0 radical (unpaired) electrons. The average molecular weight is 414 g/mol. The number of oxime groups is 1. The van der Waals surface area contributed by atoms with Gasteiger partial charge in [0.2, 0.25) is 11.3 Å². The highest BCUT2D eigenvalue weighted by Crippen LogP contribution is 2.40. The summed E-state index contributed by atoms with van der Waals surface area (Å²) in [6, 6.07) is 28.9. The first-order chi connectivity index (χ1) is 14.7. The Kier molecular flexibility index (Phi) is 5.68. The molecule has 0 saturated heterocycles. The highest BCUT2D eigenvalue weighted by Gasteiger charge is 2.40. The lowest BCUT2D eigenvalue weighted by molar-refractivity contribution is -0.129. The summed E-state index contributed by atoms with van der Waals surface area (Å²) in [6.45, 7) is 0. The molecule has 0 atom stereocenters. The Bertz CT molecular complexity index is 1030. The highest BCUT2D eigenvalue weighted by molar-refractivity contribution is 7.07. The van der Waals surface area contributed by atoms with Crippen LogP contribution in [0.2, 0.25) is 0 Å². The highest BCUT2D eigenvalue weighted by atomic mass is 32.1. The van der Waals surface area contributed by atoms with Gasteiger partial charge in [0.15, 0.2) is 0 Å². The normalized spacial score (nSPS) is 11.8. The van der Waals surface area contributed by atoms with Crippen LogP contribution >= 0.6 is 11.3 Å². The van der Waals surface area contributed by atoms with Crippen LogP contribution in [0.3, 0.4) is 0 Å². The van der Waals surface area contributed by atoms with Gasteiger partial charge >= 0.3 is 5.97 Å². The van der Waals surface area contributed by atoms with Crippen molar-refractivity contribution in [2.45, 2.75) is 5.60 Å². The second kappa shape index (κ2) is 8.71. The first-order valence-electron chi connectivity index (χ1n) is 9.26. The lowest BCUT2D eigenvalue weighted by Crippen LogP contribution is -2.32. The first-order valence-corrected chi connectivity index (χ1v) is 10.2. The zero-order chi connectivity index (χ0) is 20.8. The number of aliphatic carboxylic acids is 1. The minimum absolute atomic E-state index is 0.247. The van der Waals surface area contributed by atoms with Crippen molar-refractivity contribution < 1.29 is 14.7 Å². The summed E-state index contributed by atoms with van der Waals surface area (Å²) in [5, 5.41) is 15.5. The Hall–Kier alpha value is -3.77. The van der Waals surface area contributed by atoms with Gasteiger partial charge in [0, 0.05) is 22.1 Å². The molecule has 4 aromatic rings. The quantitative estimate of drug-likeness (QED) is 0.264. The molecule has 0 aliphatic heterocycles. The van der Waals surface area contributed by atoms with Gasteiger partial charge in [0.1, 0.15) is 5.69 Å². The number of hydrogen-bond acceptors (Lipinski definition) is 5. The molecule has 1 N–H and O–H groups in total. The van der Waals surface area contributed by atoms with Crippen LogP contribution in [0, 0.1) is 0 Å². The molecule has 0 saturated carbocycles. The van der Waals surface area contributed by atoms with Gasteiger partial charge in [-0.1, -0.05) is 96.2 Å². The largest absolute Gasteiger partial charge is 0.476 e. The van der Waals surface area contributed by atoms with E-state index in [1.54, 1.807) is 10.9 Å². The van der Waals surface area contributed by atoms with E-state index in [0.717, 1.165) is 16.7 Å². The van der Waals surface area contributed by atoms with Crippen molar-refractivity contribution in [1.29, 1.82) is 0 Å². The number of nitrogens with zero attached hydrogens (tertiary/aromatic N) is 2. The molecule has 3 aromatic carbocycles. The van der Waals surface area contributed by atoms with Gasteiger partial charge in [-0.3, -0.25) is 0 Å². The third-order valence-corrected chi connectivity index (χ3v) is 5.28. The molecular formula is C24H18N2O3S. The number of benzene rings is 3.